The summed E-state index contributed by atoms with van der Waals surface area (Å²) in [6.45, 7) is 14.2. The van der Waals surface area contributed by atoms with Crippen molar-refractivity contribution in [3.05, 3.63) is 11.6 Å². The summed E-state index contributed by atoms with van der Waals surface area (Å²) in [6, 6.07) is 0. The molecule has 1 unspecified atom stereocenters. The first kappa shape index (κ1) is 11.8. The molecule has 0 amide bonds. The second kappa shape index (κ2) is 3.72. The van der Waals surface area contributed by atoms with Crippen LogP contribution in [0, 0.1) is 16.7 Å². The van der Waals surface area contributed by atoms with Crippen LogP contribution in [0.4, 0.5) is 0 Å². The summed E-state index contributed by atoms with van der Waals surface area (Å²) in [4.78, 5) is 0. The number of rotatable bonds is 0. The molecule has 1 rings (SSSR count). The van der Waals surface area contributed by atoms with E-state index in [0.29, 0.717) is 10.8 Å². The van der Waals surface area contributed by atoms with E-state index in [0.717, 1.165) is 5.92 Å². The highest BCUT2D eigenvalue weighted by Crippen LogP contribution is 2.45. The van der Waals surface area contributed by atoms with Gasteiger partial charge in [-0.15, -0.1) is 0 Å². The zero-order valence-electron chi connectivity index (χ0n) is 10.8. The Hall–Kier alpha value is -0.260. The fourth-order valence-electron chi connectivity index (χ4n) is 2.61. The Morgan fingerprint density at radius 3 is 2.00 bits per heavy atom. The van der Waals surface area contributed by atoms with Crippen LogP contribution in [-0.2, 0) is 0 Å². The molecule has 0 nitrogen and oxygen atoms in total. The third-order valence-corrected chi connectivity index (χ3v) is 3.35. The van der Waals surface area contributed by atoms with Crippen LogP contribution < -0.4 is 0 Å². The molecule has 1 aliphatic carbocycles. The van der Waals surface area contributed by atoms with Crippen LogP contribution in [0.5, 0.6) is 0 Å². The van der Waals surface area contributed by atoms with Crippen molar-refractivity contribution in [1.82, 2.24) is 0 Å². The lowest BCUT2D eigenvalue weighted by atomic mass is 9.64. The first-order valence-corrected chi connectivity index (χ1v) is 5.93. The zero-order valence-corrected chi connectivity index (χ0v) is 10.8. The van der Waals surface area contributed by atoms with E-state index in [1.165, 1.54) is 19.3 Å². The minimum absolute atomic E-state index is 0.359. The molecule has 0 spiro atoms. The summed E-state index contributed by atoms with van der Waals surface area (Å²) in [5, 5.41) is 0. The highest BCUT2D eigenvalue weighted by Gasteiger charge is 2.34. The van der Waals surface area contributed by atoms with Crippen LogP contribution in [0.3, 0.4) is 0 Å². The van der Waals surface area contributed by atoms with E-state index >= 15 is 0 Å². The zero-order chi connectivity index (χ0) is 11.0. The second-order valence-corrected chi connectivity index (χ2v) is 6.76. The Morgan fingerprint density at radius 1 is 1.07 bits per heavy atom. The predicted molar refractivity (Wildman–Crippen MR) is 64.3 cm³/mol. The smallest absolute Gasteiger partial charge is 0.0149 e. The summed E-state index contributed by atoms with van der Waals surface area (Å²) in [7, 11) is 0. The first-order valence-electron chi connectivity index (χ1n) is 5.93. The van der Waals surface area contributed by atoms with Gasteiger partial charge in [0.15, 0.2) is 0 Å². The van der Waals surface area contributed by atoms with Crippen LogP contribution in [0.15, 0.2) is 11.6 Å². The van der Waals surface area contributed by atoms with E-state index in [9.17, 15) is 0 Å². The maximum absolute atomic E-state index is 2.50. The van der Waals surface area contributed by atoms with Crippen molar-refractivity contribution < 1.29 is 0 Å². The molecule has 0 bridgehead atoms. The Labute approximate surface area is 89.8 Å². The molecule has 1 atom stereocenters. The molecule has 0 radical (unpaired) electrons. The van der Waals surface area contributed by atoms with Crippen LogP contribution in [0.2, 0.25) is 0 Å². The van der Waals surface area contributed by atoms with Crippen LogP contribution in [-0.4, -0.2) is 0 Å². The highest BCUT2D eigenvalue weighted by atomic mass is 14.4. The van der Waals surface area contributed by atoms with Gasteiger partial charge in [0, 0.05) is 0 Å². The number of allylic oxidation sites excluding steroid dienone is 2. The molecule has 0 aromatic rings. The Bertz CT molecular complexity index is 219. The largest absolute Gasteiger partial charge is 0.0845 e. The third kappa shape index (κ3) is 2.62. The molecule has 0 heterocycles. The second-order valence-electron chi connectivity index (χ2n) is 6.76. The molecule has 0 saturated carbocycles. The average molecular weight is 194 g/mol. The van der Waals surface area contributed by atoms with Gasteiger partial charge in [0.25, 0.3) is 0 Å². The van der Waals surface area contributed by atoms with Crippen LogP contribution in [0.1, 0.15) is 60.8 Å². The van der Waals surface area contributed by atoms with Gasteiger partial charge in [0.2, 0.25) is 0 Å². The monoisotopic (exact) mass is 194 g/mol. The summed E-state index contributed by atoms with van der Waals surface area (Å²) in [5.41, 5.74) is 2.48. The molecule has 0 aliphatic heterocycles. The Morgan fingerprint density at radius 2 is 1.64 bits per heavy atom. The Balaban J connectivity index is 2.95. The summed E-state index contributed by atoms with van der Waals surface area (Å²) in [5.74, 6) is 0.788. The van der Waals surface area contributed by atoms with Gasteiger partial charge in [0.1, 0.15) is 0 Å². The maximum Gasteiger partial charge on any atom is -0.0149 e. The first-order chi connectivity index (χ1) is 6.23. The van der Waals surface area contributed by atoms with Crippen LogP contribution in [0.25, 0.3) is 0 Å². The lowest BCUT2D eigenvalue weighted by Crippen LogP contribution is -2.30. The van der Waals surface area contributed by atoms with Crippen molar-refractivity contribution in [2.75, 3.05) is 0 Å². The molecule has 0 aromatic carbocycles. The van der Waals surface area contributed by atoms with Gasteiger partial charge in [-0.3, -0.25) is 0 Å². The number of hydrogen-bond acceptors (Lipinski definition) is 0. The van der Waals surface area contributed by atoms with Gasteiger partial charge in [-0.1, -0.05) is 53.2 Å². The summed E-state index contributed by atoms with van der Waals surface area (Å²) >= 11 is 0. The van der Waals surface area contributed by atoms with E-state index in [1.807, 2.05) is 0 Å². The van der Waals surface area contributed by atoms with Gasteiger partial charge >= 0.3 is 0 Å². The van der Waals surface area contributed by atoms with Gasteiger partial charge in [-0.05, 0) is 36.0 Å². The fourth-order valence-corrected chi connectivity index (χ4v) is 2.61. The number of hydrogen-bond donors (Lipinski definition) is 0. The standard InChI is InChI=1S/C14H26/c1-13(2,3)11-9-7-8-10-12(11)14(4,5)6/h9,12H,7-8,10H2,1-6H3. The van der Waals surface area contributed by atoms with Crippen molar-refractivity contribution in [1.29, 1.82) is 0 Å². The molecule has 1 aliphatic rings. The van der Waals surface area contributed by atoms with Gasteiger partial charge < -0.3 is 0 Å². The van der Waals surface area contributed by atoms with Crippen molar-refractivity contribution >= 4 is 0 Å². The van der Waals surface area contributed by atoms with Crippen LogP contribution >= 0.6 is 0 Å². The maximum atomic E-state index is 2.50. The normalized spacial score (nSPS) is 24.7. The van der Waals surface area contributed by atoms with Crippen molar-refractivity contribution in [2.45, 2.75) is 60.8 Å². The quantitative estimate of drug-likeness (QED) is 0.486. The minimum Gasteiger partial charge on any atom is -0.0845 e. The molecule has 0 N–H and O–H groups in total. The molecule has 0 aromatic heterocycles. The third-order valence-electron chi connectivity index (χ3n) is 3.35. The van der Waals surface area contributed by atoms with E-state index in [2.05, 4.69) is 47.6 Å². The molecule has 0 saturated heterocycles. The fraction of sp³-hybridized carbons (Fsp3) is 0.857. The lowest BCUT2D eigenvalue weighted by molar-refractivity contribution is 0.217. The van der Waals surface area contributed by atoms with Crippen molar-refractivity contribution in [3.8, 4) is 0 Å². The molecule has 0 heteroatoms. The Kier molecular flexibility index (Phi) is 3.13. The van der Waals surface area contributed by atoms with Gasteiger partial charge in [0.05, 0.1) is 0 Å². The minimum atomic E-state index is 0.359. The molecular formula is C14H26. The van der Waals surface area contributed by atoms with Crippen molar-refractivity contribution in [3.63, 3.8) is 0 Å². The lowest BCUT2D eigenvalue weighted by Gasteiger charge is -2.41. The van der Waals surface area contributed by atoms with E-state index < -0.39 is 0 Å². The summed E-state index contributed by atoms with van der Waals surface area (Å²) in [6.07, 6.45) is 6.55. The highest BCUT2D eigenvalue weighted by molar-refractivity contribution is 5.19. The molecule has 14 heavy (non-hydrogen) atoms. The SMILES string of the molecule is CC(C)(C)C1=CCCCC1C(C)(C)C. The van der Waals surface area contributed by atoms with E-state index in [-0.39, 0.29) is 0 Å². The molecule has 82 valence electrons. The predicted octanol–water partition coefficient (Wildman–Crippen LogP) is 4.81. The van der Waals surface area contributed by atoms with Gasteiger partial charge in [-0.2, -0.15) is 0 Å². The van der Waals surface area contributed by atoms with E-state index in [1.54, 1.807) is 5.57 Å². The topological polar surface area (TPSA) is 0 Å². The van der Waals surface area contributed by atoms with Crippen molar-refractivity contribution in [2.24, 2.45) is 16.7 Å². The molecular weight excluding hydrogens is 168 g/mol. The van der Waals surface area contributed by atoms with E-state index in [4.69, 9.17) is 0 Å². The average Bonchev–Trinajstić information content (AvgIpc) is 2.01. The van der Waals surface area contributed by atoms with Gasteiger partial charge in [-0.25, -0.2) is 0 Å². The summed E-state index contributed by atoms with van der Waals surface area (Å²) < 4.78 is 0. The molecule has 0 fully saturated rings.